The van der Waals surface area contributed by atoms with Gasteiger partial charge in [0.25, 0.3) is 0 Å². The summed E-state index contributed by atoms with van der Waals surface area (Å²) in [6, 6.07) is 10.5. The van der Waals surface area contributed by atoms with Crippen molar-refractivity contribution in [3.8, 4) is 0 Å². The van der Waals surface area contributed by atoms with E-state index in [2.05, 4.69) is 29.6 Å². The van der Waals surface area contributed by atoms with Crippen molar-refractivity contribution in [1.29, 1.82) is 0 Å². The SMILES string of the molecule is OC(c1cc2c(s1)CCC2)c1csc2ccccc12. The van der Waals surface area contributed by atoms with Gasteiger partial charge in [-0.15, -0.1) is 22.7 Å². The number of hydrogen-bond acceptors (Lipinski definition) is 3. The van der Waals surface area contributed by atoms with Gasteiger partial charge in [0.2, 0.25) is 0 Å². The molecule has 0 fully saturated rings. The summed E-state index contributed by atoms with van der Waals surface area (Å²) in [5.74, 6) is 0. The number of rotatable bonds is 2. The van der Waals surface area contributed by atoms with Crippen LogP contribution in [0.1, 0.15) is 33.4 Å². The fourth-order valence-electron chi connectivity index (χ4n) is 2.85. The second kappa shape index (κ2) is 4.44. The molecule has 2 aromatic heterocycles. The smallest absolute Gasteiger partial charge is 0.115 e. The van der Waals surface area contributed by atoms with Crippen molar-refractivity contribution in [2.24, 2.45) is 0 Å². The molecule has 2 heterocycles. The molecule has 0 saturated heterocycles. The Labute approximate surface area is 120 Å². The van der Waals surface area contributed by atoms with Gasteiger partial charge >= 0.3 is 0 Å². The topological polar surface area (TPSA) is 20.2 Å². The van der Waals surface area contributed by atoms with Crippen LogP contribution in [0.3, 0.4) is 0 Å². The predicted molar refractivity (Wildman–Crippen MR) is 82.2 cm³/mol. The van der Waals surface area contributed by atoms with Crippen LogP contribution in [0.4, 0.5) is 0 Å². The van der Waals surface area contributed by atoms with Crippen LogP contribution in [-0.2, 0) is 12.8 Å². The first kappa shape index (κ1) is 11.6. The maximum Gasteiger partial charge on any atom is 0.115 e. The first-order valence-corrected chi connectivity index (χ1v) is 8.28. The van der Waals surface area contributed by atoms with Gasteiger partial charge in [0, 0.05) is 20.0 Å². The molecule has 0 saturated carbocycles. The quantitative estimate of drug-likeness (QED) is 0.733. The molecule has 1 atom stereocenters. The van der Waals surface area contributed by atoms with E-state index in [9.17, 15) is 5.11 Å². The van der Waals surface area contributed by atoms with Crippen molar-refractivity contribution in [3.05, 3.63) is 56.6 Å². The van der Waals surface area contributed by atoms with Crippen LogP contribution in [-0.4, -0.2) is 5.11 Å². The largest absolute Gasteiger partial charge is 0.383 e. The summed E-state index contributed by atoms with van der Waals surface area (Å²) in [5, 5.41) is 13.9. The average Bonchev–Trinajstić information content (AvgIpc) is 3.11. The molecule has 1 aliphatic rings. The third kappa shape index (κ3) is 1.84. The zero-order valence-electron chi connectivity index (χ0n) is 10.4. The lowest BCUT2D eigenvalue weighted by Gasteiger charge is -2.07. The highest BCUT2D eigenvalue weighted by atomic mass is 32.1. The number of aliphatic hydroxyl groups excluding tert-OH is 1. The standard InChI is InChI=1S/C16H14OS2/c17-16(15-8-10-4-3-7-13(10)19-15)12-9-18-14-6-2-1-5-11(12)14/h1-2,5-6,8-9,16-17H,3-4,7H2. The molecule has 1 aromatic carbocycles. The zero-order chi connectivity index (χ0) is 12.8. The van der Waals surface area contributed by atoms with E-state index >= 15 is 0 Å². The molecular weight excluding hydrogens is 272 g/mol. The van der Waals surface area contributed by atoms with Crippen LogP contribution < -0.4 is 0 Å². The van der Waals surface area contributed by atoms with E-state index in [4.69, 9.17) is 0 Å². The van der Waals surface area contributed by atoms with Gasteiger partial charge < -0.3 is 5.11 Å². The number of hydrogen-bond donors (Lipinski definition) is 1. The third-order valence-electron chi connectivity index (χ3n) is 3.84. The van der Waals surface area contributed by atoms with Crippen LogP contribution >= 0.6 is 22.7 Å². The summed E-state index contributed by atoms with van der Waals surface area (Å²) in [7, 11) is 0. The third-order valence-corrected chi connectivity index (χ3v) is 6.11. The number of thiophene rings is 2. The van der Waals surface area contributed by atoms with E-state index < -0.39 is 6.10 Å². The van der Waals surface area contributed by atoms with Gasteiger partial charge in [0.1, 0.15) is 6.10 Å². The monoisotopic (exact) mass is 286 g/mol. The van der Waals surface area contributed by atoms with Crippen molar-refractivity contribution < 1.29 is 5.11 Å². The molecule has 0 aliphatic heterocycles. The molecular formula is C16H14OS2. The Hall–Kier alpha value is -1.16. The maximum absolute atomic E-state index is 10.7. The molecule has 0 bridgehead atoms. The Balaban J connectivity index is 1.78. The zero-order valence-corrected chi connectivity index (χ0v) is 12.1. The van der Waals surface area contributed by atoms with Crippen molar-refractivity contribution in [3.63, 3.8) is 0 Å². The summed E-state index contributed by atoms with van der Waals surface area (Å²) in [6.07, 6.45) is 3.19. The maximum atomic E-state index is 10.7. The van der Waals surface area contributed by atoms with Gasteiger partial charge in [0.15, 0.2) is 0 Å². The lowest BCUT2D eigenvalue weighted by Crippen LogP contribution is -1.95. The Morgan fingerprint density at radius 3 is 2.95 bits per heavy atom. The van der Waals surface area contributed by atoms with E-state index in [1.54, 1.807) is 22.7 Å². The number of fused-ring (bicyclic) bond motifs is 2. The Morgan fingerprint density at radius 1 is 1.16 bits per heavy atom. The van der Waals surface area contributed by atoms with Gasteiger partial charge in [-0.05, 0) is 47.7 Å². The van der Waals surface area contributed by atoms with Gasteiger partial charge in [-0.25, -0.2) is 0 Å². The molecule has 1 aliphatic carbocycles. The van der Waals surface area contributed by atoms with Crippen molar-refractivity contribution >= 4 is 32.8 Å². The highest BCUT2D eigenvalue weighted by molar-refractivity contribution is 7.17. The predicted octanol–water partition coefficient (Wildman–Crippen LogP) is 4.53. The van der Waals surface area contributed by atoms with E-state index in [1.165, 1.54) is 39.8 Å². The molecule has 0 spiro atoms. The average molecular weight is 286 g/mol. The van der Waals surface area contributed by atoms with Crippen LogP contribution in [0.25, 0.3) is 10.1 Å². The first-order chi connectivity index (χ1) is 9.33. The lowest BCUT2D eigenvalue weighted by atomic mass is 10.1. The van der Waals surface area contributed by atoms with Gasteiger partial charge in [-0.3, -0.25) is 0 Å². The van der Waals surface area contributed by atoms with Crippen LogP contribution in [0.15, 0.2) is 35.7 Å². The van der Waals surface area contributed by atoms with Gasteiger partial charge in [-0.1, -0.05) is 18.2 Å². The minimum atomic E-state index is -0.466. The second-order valence-electron chi connectivity index (χ2n) is 5.04. The summed E-state index contributed by atoms with van der Waals surface area (Å²) in [4.78, 5) is 2.59. The molecule has 1 unspecified atom stereocenters. The molecule has 0 amide bonds. The summed E-state index contributed by atoms with van der Waals surface area (Å²) in [5.41, 5.74) is 2.51. The van der Waals surface area contributed by atoms with Crippen LogP contribution in [0.2, 0.25) is 0 Å². The molecule has 0 radical (unpaired) electrons. The van der Waals surface area contributed by atoms with E-state index in [0.29, 0.717) is 0 Å². The minimum absolute atomic E-state index is 0.466. The second-order valence-corrected chi connectivity index (χ2v) is 7.12. The van der Waals surface area contributed by atoms with Crippen LogP contribution in [0, 0.1) is 0 Å². The minimum Gasteiger partial charge on any atom is -0.383 e. The highest BCUT2D eigenvalue weighted by Gasteiger charge is 2.21. The summed E-state index contributed by atoms with van der Waals surface area (Å²) >= 11 is 3.50. The summed E-state index contributed by atoms with van der Waals surface area (Å²) in [6.45, 7) is 0. The van der Waals surface area contributed by atoms with Crippen molar-refractivity contribution in [2.75, 3.05) is 0 Å². The Morgan fingerprint density at radius 2 is 2.05 bits per heavy atom. The molecule has 3 aromatic rings. The molecule has 1 nitrogen and oxygen atoms in total. The van der Waals surface area contributed by atoms with Gasteiger partial charge in [-0.2, -0.15) is 0 Å². The van der Waals surface area contributed by atoms with E-state index in [0.717, 1.165) is 10.4 Å². The molecule has 19 heavy (non-hydrogen) atoms. The molecule has 4 rings (SSSR count). The fraction of sp³-hybridized carbons (Fsp3) is 0.250. The Kier molecular flexibility index (Phi) is 2.72. The number of benzene rings is 1. The molecule has 3 heteroatoms. The van der Waals surface area contributed by atoms with Crippen molar-refractivity contribution in [2.45, 2.75) is 25.4 Å². The number of aliphatic hydroxyl groups is 1. The lowest BCUT2D eigenvalue weighted by molar-refractivity contribution is 0.226. The van der Waals surface area contributed by atoms with E-state index in [-0.39, 0.29) is 0 Å². The Bertz CT molecular complexity index is 717. The normalized spacial score (nSPS) is 15.8. The summed E-state index contributed by atoms with van der Waals surface area (Å²) < 4.78 is 1.25. The number of aryl methyl sites for hydroxylation is 2. The molecule has 1 N–H and O–H groups in total. The van der Waals surface area contributed by atoms with Gasteiger partial charge in [0.05, 0.1) is 0 Å². The molecule has 96 valence electrons. The highest BCUT2D eigenvalue weighted by Crippen LogP contribution is 2.39. The fourth-order valence-corrected chi connectivity index (χ4v) is 5.09. The van der Waals surface area contributed by atoms with E-state index in [1.807, 2.05) is 6.07 Å². The van der Waals surface area contributed by atoms with Crippen LogP contribution in [0.5, 0.6) is 0 Å². The van der Waals surface area contributed by atoms with Crippen molar-refractivity contribution in [1.82, 2.24) is 0 Å². The first-order valence-electron chi connectivity index (χ1n) is 6.58.